The van der Waals surface area contributed by atoms with E-state index in [2.05, 4.69) is 9.47 Å². The molecule has 1 aliphatic rings. The summed E-state index contributed by atoms with van der Waals surface area (Å²) in [6.07, 6.45) is -10.8. The molecule has 1 fully saturated rings. The van der Waals surface area contributed by atoms with Crippen LogP contribution < -0.4 is 0 Å². The summed E-state index contributed by atoms with van der Waals surface area (Å²) in [4.78, 5) is 11.7. The number of carbonyl (C=O) groups is 1. The van der Waals surface area contributed by atoms with Gasteiger partial charge in [-0.05, 0) is 25.0 Å². The van der Waals surface area contributed by atoms with Crippen molar-refractivity contribution < 1.29 is 36.2 Å². The molecule has 122 valence electrons. The number of ether oxygens (including phenoxy) is 2. The Labute approximate surface area is 123 Å². The first-order valence-electron chi connectivity index (χ1n) is 6.55. The summed E-state index contributed by atoms with van der Waals surface area (Å²) in [6.45, 7) is -0.0442. The smallest absolute Gasteiger partial charge is 0.431 e. The fourth-order valence-corrected chi connectivity index (χ4v) is 2.16. The summed E-state index contributed by atoms with van der Waals surface area (Å²) in [5, 5.41) is 0. The normalized spacial score (nSPS) is 20.7. The van der Waals surface area contributed by atoms with E-state index in [9.17, 15) is 26.7 Å². The lowest BCUT2D eigenvalue weighted by atomic mass is 10.0. The third kappa shape index (κ3) is 3.55. The maximum atomic E-state index is 14.0. The van der Waals surface area contributed by atoms with Gasteiger partial charge in [-0.25, -0.2) is 4.79 Å². The highest BCUT2D eigenvalue weighted by Crippen LogP contribution is 2.41. The first-order valence-corrected chi connectivity index (χ1v) is 6.55. The molecule has 3 nitrogen and oxygen atoms in total. The third-order valence-corrected chi connectivity index (χ3v) is 3.24. The molecule has 0 aromatic heterocycles. The Hall–Kier alpha value is -1.70. The van der Waals surface area contributed by atoms with Crippen LogP contribution in [-0.2, 0) is 9.47 Å². The second-order valence-corrected chi connectivity index (χ2v) is 4.87. The van der Waals surface area contributed by atoms with Crippen molar-refractivity contribution in [3.05, 3.63) is 35.9 Å². The number of esters is 1. The average Bonchev–Trinajstić information content (AvgIpc) is 2.99. The molecule has 1 saturated heterocycles. The van der Waals surface area contributed by atoms with Gasteiger partial charge in [-0.15, -0.1) is 0 Å². The van der Waals surface area contributed by atoms with E-state index in [1.54, 1.807) is 0 Å². The number of alkyl halides is 5. The molecule has 0 N–H and O–H groups in total. The molecule has 0 aliphatic carbocycles. The Morgan fingerprint density at radius 2 is 1.82 bits per heavy atom. The van der Waals surface area contributed by atoms with Crippen molar-refractivity contribution in [3.8, 4) is 0 Å². The van der Waals surface area contributed by atoms with Crippen molar-refractivity contribution in [2.24, 2.45) is 0 Å². The van der Waals surface area contributed by atoms with Crippen molar-refractivity contribution >= 4 is 5.97 Å². The maximum absolute atomic E-state index is 14.0. The molecule has 0 radical (unpaired) electrons. The average molecular weight is 324 g/mol. The topological polar surface area (TPSA) is 35.5 Å². The molecule has 8 heteroatoms. The first kappa shape index (κ1) is 16.7. The molecule has 2 rings (SSSR count). The van der Waals surface area contributed by atoms with Gasteiger partial charge in [-0.1, -0.05) is 18.2 Å². The molecule has 0 bridgehead atoms. The van der Waals surface area contributed by atoms with Crippen molar-refractivity contribution in [1.82, 2.24) is 0 Å². The van der Waals surface area contributed by atoms with Crippen LogP contribution in [0.2, 0.25) is 0 Å². The summed E-state index contributed by atoms with van der Waals surface area (Å²) in [7, 11) is 0. The number of hydrogen-bond donors (Lipinski definition) is 0. The van der Waals surface area contributed by atoms with Crippen LogP contribution in [-0.4, -0.2) is 36.9 Å². The number of carbonyl (C=O) groups excluding carboxylic acids is 1. The number of benzene rings is 1. The van der Waals surface area contributed by atoms with Gasteiger partial charge in [0.15, 0.2) is 0 Å². The number of hydrogen-bond acceptors (Lipinski definition) is 3. The van der Waals surface area contributed by atoms with Crippen LogP contribution in [0, 0.1) is 0 Å². The van der Waals surface area contributed by atoms with Crippen molar-refractivity contribution in [3.63, 3.8) is 0 Å². The van der Waals surface area contributed by atoms with Crippen LogP contribution in [0.15, 0.2) is 30.3 Å². The highest BCUT2D eigenvalue weighted by Gasteiger charge is 2.63. The van der Waals surface area contributed by atoms with Gasteiger partial charge in [0.05, 0.1) is 5.56 Å². The van der Waals surface area contributed by atoms with Gasteiger partial charge in [0.2, 0.25) is 0 Å². The largest absolute Gasteiger partial charge is 0.442 e. The van der Waals surface area contributed by atoms with E-state index in [0.29, 0.717) is 0 Å². The number of halogens is 5. The van der Waals surface area contributed by atoms with Gasteiger partial charge in [0, 0.05) is 6.61 Å². The Bertz CT molecular complexity index is 509. The minimum absolute atomic E-state index is 0.0442. The van der Waals surface area contributed by atoms with E-state index in [-0.39, 0.29) is 25.0 Å². The van der Waals surface area contributed by atoms with Gasteiger partial charge >= 0.3 is 18.1 Å². The summed E-state index contributed by atoms with van der Waals surface area (Å²) in [5.41, 5.74) is -0.236. The minimum Gasteiger partial charge on any atom is -0.442 e. The zero-order valence-electron chi connectivity index (χ0n) is 11.3. The zero-order chi connectivity index (χ0) is 16.4. The molecular formula is C14H13F5O3. The predicted octanol–water partition coefficient (Wildman–Crippen LogP) is 3.59. The van der Waals surface area contributed by atoms with Crippen LogP contribution in [0.3, 0.4) is 0 Å². The third-order valence-electron chi connectivity index (χ3n) is 3.24. The quantitative estimate of drug-likeness (QED) is 0.627. The Kier molecular flexibility index (Phi) is 4.69. The fourth-order valence-electron chi connectivity index (χ4n) is 2.16. The highest BCUT2D eigenvalue weighted by atomic mass is 19.4. The standard InChI is InChI=1S/C14H13F5O3/c15-13(16,10-7-4-8-21-10)12(14(17,18)19)22-11(20)9-5-2-1-3-6-9/h1-3,5-6,10,12H,4,7-8H2. The van der Waals surface area contributed by atoms with E-state index in [4.69, 9.17) is 0 Å². The summed E-state index contributed by atoms with van der Waals surface area (Å²) in [6, 6.07) is 6.66. The van der Waals surface area contributed by atoms with Crippen LogP contribution >= 0.6 is 0 Å². The van der Waals surface area contributed by atoms with Gasteiger partial charge in [-0.2, -0.15) is 22.0 Å². The van der Waals surface area contributed by atoms with Crippen LogP contribution in [0.5, 0.6) is 0 Å². The zero-order valence-corrected chi connectivity index (χ0v) is 11.3. The van der Waals surface area contributed by atoms with Crippen LogP contribution in [0.1, 0.15) is 23.2 Å². The molecule has 1 heterocycles. The number of rotatable bonds is 4. The molecule has 2 atom stereocenters. The van der Waals surface area contributed by atoms with Crippen molar-refractivity contribution in [2.75, 3.05) is 6.61 Å². The molecule has 0 saturated carbocycles. The highest BCUT2D eigenvalue weighted by molar-refractivity contribution is 5.89. The Balaban J connectivity index is 2.22. The second kappa shape index (κ2) is 6.20. The maximum Gasteiger partial charge on any atom is 0.431 e. The van der Waals surface area contributed by atoms with Crippen LogP contribution in [0.4, 0.5) is 22.0 Å². The predicted molar refractivity (Wildman–Crippen MR) is 65.6 cm³/mol. The Morgan fingerprint density at radius 1 is 1.18 bits per heavy atom. The van der Waals surface area contributed by atoms with E-state index in [0.717, 1.165) is 0 Å². The molecule has 2 unspecified atom stereocenters. The molecule has 22 heavy (non-hydrogen) atoms. The lowest BCUT2D eigenvalue weighted by molar-refractivity contribution is -0.289. The summed E-state index contributed by atoms with van der Waals surface area (Å²) in [5.74, 6) is -5.81. The first-order chi connectivity index (χ1) is 10.2. The van der Waals surface area contributed by atoms with E-state index in [1.807, 2.05) is 0 Å². The minimum atomic E-state index is -5.40. The van der Waals surface area contributed by atoms with Gasteiger partial charge < -0.3 is 9.47 Å². The summed E-state index contributed by atoms with van der Waals surface area (Å²) < 4.78 is 75.6. The molecule has 1 aromatic carbocycles. The van der Waals surface area contributed by atoms with Crippen LogP contribution in [0.25, 0.3) is 0 Å². The van der Waals surface area contributed by atoms with E-state index >= 15 is 0 Å². The monoisotopic (exact) mass is 324 g/mol. The molecule has 1 aliphatic heterocycles. The fraction of sp³-hybridized carbons (Fsp3) is 0.500. The molecular weight excluding hydrogens is 311 g/mol. The Morgan fingerprint density at radius 3 is 2.32 bits per heavy atom. The molecule has 0 spiro atoms. The second-order valence-electron chi connectivity index (χ2n) is 4.87. The lowest BCUT2D eigenvalue weighted by Crippen LogP contribution is -2.54. The summed E-state index contributed by atoms with van der Waals surface area (Å²) >= 11 is 0. The van der Waals surface area contributed by atoms with Crippen molar-refractivity contribution in [1.29, 1.82) is 0 Å². The molecule has 0 amide bonds. The van der Waals surface area contributed by atoms with Crippen molar-refractivity contribution in [2.45, 2.75) is 37.1 Å². The van der Waals surface area contributed by atoms with E-state index in [1.165, 1.54) is 30.3 Å². The van der Waals surface area contributed by atoms with Gasteiger partial charge in [0.1, 0.15) is 6.10 Å². The lowest BCUT2D eigenvalue weighted by Gasteiger charge is -2.31. The molecule has 1 aromatic rings. The van der Waals surface area contributed by atoms with Gasteiger partial charge in [-0.3, -0.25) is 0 Å². The SMILES string of the molecule is O=C(OC(C(F)(F)F)C(F)(F)C1CCCO1)c1ccccc1. The van der Waals surface area contributed by atoms with E-state index < -0.39 is 30.3 Å². The van der Waals surface area contributed by atoms with Gasteiger partial charge in [0.25, 0.3) is 6.10 Å².